The van der Waals surface area contributed by atoms with Crippen LogP contribution in [0.3, 0.4) is 0 Å². The molecule has 0 unspecified atom stereocenters. The number of hydrogen-bond acceptors (Lipinski definition) is 5. The minimum atomic E-state index is 0.612. The summed E-state index contributed by atoms with van der Waals surface area (Å²) in [5, 5.41) is 14.3. The minimum Gasteiger partial charge on any atom is -0.208 e. The number of rotatable bonds is 6. The van der Waals surface area contributed by atoms with Gasteiger partial charge in [0, 0.05) is 22.1 Å². The van der Waals surface area contributed by atoms with Crippen LogP contribution in [0.4, 0.5) is 0 Å². The first-order chi connectivity index (χ1) is 26.2. The van der Waals surface area contributed by atoms with E-state index in [4.69, 9.17) is 25.1 Å². The number of fused-ring (bicyclic) bond motifs is 5. The number of nitrogens with zero attached hydrogens (tertiary/aromatic N) is 6. The summed E-state index contributed by atoms with van der Waals surface area (Å²) in [5.74, 6) is 1.86. The Morgan fingerprint density at radius 1 is 0.358 bits per heavy atom. The number of benzene rings is 8. The second kappa shape index (κ2) is 12.8. The summed E-state index contributed by atoms with van der Waals surface area (Å²) >= 11 is 0. The van der Waals surface area contributed by atoms with Gasteiger partial charge in [-0.15, -0.1) is 10.2 Å². The van der Waals surface area contributed by atoms with Gasteiger partial charge >= 0.3 is 0 Å². The molecule has 6 nitrogen and oxygen atoms in total. The molecule has 0 aliphatic heterocycles. The Hall–Kier alpha value is -7.31. The van der Waals surface area contributed by atoms with Gasteiger partial charge in [0.2, 0.25) is 0 Å². The first kappa shape index (κ1) is 30.5. The Labute approximate surface area is 305 Å². The molecule has 0 spiro atoms. The highest BCUT2D eigenvalue weighted by atomic mass is 15.5. The van der Waals surface area contributed by atoms with E-state index in [2.05, 4.69) is 103 Å². The van der Waals surface area contributed by atoms with E-state index in [0.29, 0.717) is 17.5 Å². The molecule has 6 heteroatoms. The summed E-state index contributed by atoms with van der Waals surface area (Å²) in [6, 6.07) is 62.4. The molecular formula is C47H30N6. The molecule has 0 bridgehead atoms. The lowest BCUT2D eigenvalue weighted by atomic mass is 9.94. The van der Waals surface area contributed by atoms with Crippen molar-refractivity contribution in [1.29, 1.82) is 0 Å². The first-order valence-corrected chi connectivity index (χ1v) is 17.6. The SMILES string of the molecule is c1ccc(-c2cccc(-c3nc(-c4ccccc4)nc(-c4ccccc4-c4ccc5ccc6ccc7nn(-c8ccccc8)nc7c6c5c4)n3)c2)cc1. The first-order valence-electron chi connectivity index (χ1n) is 17.6. The van der Waals surface area contributed by atoms with Crippen LogP contribution in [0.25, 0.3) is 94.7 Å². The molecular weight excluding hydrogens is 649 g/mol. The molecule has 2 aromatic heterocycles. The predicted molar refractivity (Wildman–Crippen MR) is 214 cm³/mol. The van der Waals surface area contributed by atoms with Gasteiger partial charge in [0.1, 0.15) is 11.0 Å². The van der Waals surface area contributed by atoms with Crippen LogP contribution in [0.1, 0.15) is 0 Å². The normalized spacial score (nSPS) is 11.4. The zero-order valence-electron chi connectivity index (χ0n) is 28.5. The maximum Gasteiger partial charge on any atom is 0.164 e. The molecule has 248 valence electrons. The fourth-order valence-corrected chi connectivity index (χ4v) is 7.10. The van der Waals surface area contributed by atoms with Crippen LogP contribution in [-0.4, -0.2) is 29.9 Å². The monoisotopic (exact) mass is 678 g/mol. The standard InChI is InChI=1S/C47H30N6/c1-4-13-31(14-5-1)35-17-12-18-37(29-35)46-48-45(34-15-6-2-7-16-34)49-47(50-46)40-22-11-10-21-39(40)36-26-24-32-23-25-33-27-28-42-44(43(33)41(32)30-36)52-53(51-42)38-19-8-3-9-20-38/h1-30H. The Balaban J connectivity index is 1.15. The van der Waals surface area contributed by atoms with Crippen LogP contribution >= 0.6 is 0 Å². The Kier molecular flexibility index (Phi) is 7.36. The van der Waals surface area contributed by atoms with E-state index in [0.717, 1.165) is 77.2 Å². The number of aromatic nitrogens is 6. The summed E-state index contributed by atoms with van der Waals surface area (Å²) in [6.07, 6.45) is 0. The number of para-hydroxylation sites is 1. The molecule has 8 aromatic carbocycles. The molecule has 0 saturated heterocycles. The summed E-state index contributed by atoms with van der Waals surface area (Å²) in [4.78, 5) is 17.0. The van der Waals surface area contributed by atoms with Gasteiger partial charge in [-0.3, -0.25) is 0 Å². The van der Waals surface area contributed by atoms with Gasteiger partial charge in [-0.05, 0) is 68.7 Å². The van der Waals surface area contributed by atoms with Crippen LogP contribution in [0.5, 0.6) is 0 Å². The molecule has 0 amide bonds. The van der Waals surface area contributed by atoms with Crippen LogP contribution in [-0.2, 0) is 0 Å². The molecule has 0 saturated carbocycles. The summed E-state index contributed by atoms with van der Waals surface area (Å²) in [7, 11) is 0. The Morgan fingerprint density at radius 2 is 0.943 bits per heavy atom. The van der Waals surface area contributed by atoms with Crippen molar-refractivity contribution in [3.63, 3.8) is 0 Å². The fourth-order valence-electron chi connectivity index (χ4n) is 7.10. The molecule has 53 heavy (non-hydrogen) atoms. The van der Waals surface area contributed by atoms with Gasteiger partial charge < -0.3 is 0 Å². The van der Waals surface area contributed by atoms with Crippen molar-refractivity contribution >= 4 is 32.6 Å². The highest BCUT2D eigenvalue weighted by Crippen LogP contribution is 2.37. The topological polar surface area (TPSA) is 69.4 Å². The van der Waals surface area contributed by atoms with Crippen molar-refractivity contribution in [2.45, 2.75) is 0 Å². The van der Waals surface area contributed by atoms with E-state index in [9.17, 15) is 0 Å². The third-order valence-corrected chi connectivity index (χ3v) is 9.71. The zero-order valence-corrected chi connectivity index (χ0v) is 28.5. The average Bonchev–Trinajstić information content (AvgIpc) is 3.69. The van der Waals surface area contributed by atoms with Crippen molar-refractivity contribution in [3.8, 4) is 62.1 Å². The van der Waals surface area contributed by atoms with E-state index in [1.54, 1.807) is 4.80 Å². The Morgan fingerprint density at radius 3 is 1.74 bits per heavy atom. The highest BCUT2D eigenvalue weighted by molar-refractivity contribution is 6.19. The maximum atomic E-state index is 5.16. The lowest BCUT2D eigenvalue weighted by Gasteiger charge is -2.13. The summed E-state index contributed by atoms with van der Waals surface area (Å²) in [6.45, 7) is 0. The lowest BCUT2D eigenvalue weighted by molar-refractivity contribution is 0.766. The van der Waals surface area contributed by atoms with E-state index in [-0.39, 0.29) is 0 Å². The predicted octanol–water partition coefficient (Wildman–Crippen LogP) is 11.2. The highest BCUT2D eigenvalue weighted by Gasteiger charge is 2.18. The van der Waals surface area contributed by atoms with Crippen LogP contribution in [0.2, 0.25) is 0 Å². The summed E-state index contributed by atoms with van der Waals surface area (Å²) < 4.78 is 0. The molecule has 0 radical (unpaired) electrons. The van der Waals surface area contributed by atoms with Gasteiger partial charge in [-0.25, -0.2) is 15.0 Å². The molecule has 0 atom stereocenters. The van der Waals surface area contributed by atoms with Crippen LogP contribution < -0.4 is 0 Å². The Bertz CT molecular complexity index is 2940. The third kappa shape index (κ3) is 5.59. The average molecular weight is 679 g/mol. The second-order valence-electron chi connectivity index (χ2n) is 13.0. The van der Waals surface area contributed by atoms with E-state index >= 15 is 0 Å². The van der Waals surface area contributed by atoms with E-state index < -0.39 is 0 Å². The molecule has 2 heterocycles. The van der Waals surface area contributed by atoms with Gasteiger partial charge in [0.25, 0.3) is 0 Å². The van der Waals surface area contributed by atoms with Gasteiger partial charge in [0.05, 0.1) is 5.69 Å². The van der Waals surface area contributed by atoms with Gasteiger partial charge in [0.15, 0.2) is 17.5 Å². The fraction of sp³-hybridized carbons (Fsp3) is 0. The van der Waals surface area contributed by atoms with Gasteiger partial charge in [-0.2, -0.15) is 4.80 Å². The molecule has 0 N–H and O–H groups in total. The second-order valence-corrected chi connectivity index (χ2v) is 13.0. The van der Waals surface area contributed by atoms with Crippen LogP contribution in [0.15, 0.2) is 182 Å². The smallest absolute Gasteiger partial charge is 0.164 e. The van der Waals surface area contributed by atoms with Crippen molar-refractivity contribution in [2.75, 3.05) is 0 Å². The largest absolute Gasteiger partial charge is 0.208 e. The molecule has 0 aliphatic rings. The van der Waals surface area contributed by atoms with E-state index in [1.165, 1.54) is 0 Å². The molecule has 10 rings (SSSR count). The number of hydrogen-bond donors (Lipinski definition) is 0. The molecule has 0 fully saturated rings. The van der Waals surface area contributed by atoms with Crippen LogP contribution in [0, 0.1) is 0 Å². The van der Waals surface area contributed by atoms with Crippen molar-refractivity contribution in [3.05, 3.63) is 182 Å². The zero-order chi connectivity index (χ0) is 35.1. The van der Waals surface area contributed by atoms with Gasteiger partial charge in [-0.1, -0.05) is 152 Å². The van der Waals surface area contributed by atoms with Crippen molar-refractivity contribution in [2.24, 2.45) is 0 Å². The quantitative estimate of drug-likeness (QED) is 0.164. The third-order valence-electron chi connectivity index (χ3n) is 9.71. The molecule has 10 aromatic rings. The van der Waals surface area contributed by atoms with Crippen molar-refractivity contribution in [1.82, 2.24) is 29.9 Å². The van der Waals surface area contributed by atoms with E-state index in [1.807, 2.05) is 78.9 Å². The van der Waals surface area contributed by atoms with Crippen molar-refractivity contribution < 1.29 is 0 Å². The lowest BCUT2D eigenvalue weighted by Crippen LogP contribution is -2.01. The maximum absolute atomic E-state index is 5.16. The minimum absolute atomic E-state index is 0.612. The molecule has 0 aliphatic carbocycles. The summed E-state index contributed by atoms with van der Waals surface area (Å²) in [5.41, 5.74) is 9.75.